The quantitative estimate of drug-likeness (QED) is 0.569. The Labute approximate surface area is 188 Å². The average Bonchev–Trinajstić information content (AvgIpc) is 3.24. The Morgan fingerprint density at radius 3 is 2.71 bits per heavy atom. The summed E-state index contributed by atoms with van der Waals surface area (Å²) in [7, 11) is 0. The number of aromatic nitrogens is 4. The molecule has 0 saturated carbocycles. The largest absolute Gasteiger partial charge is 0.381 e. The minimum absolute atomic E-state index is 0.368. The van der Waals surface area contributed by atoms with Gasteiger partial charge in [-0.2, -0.15) is 5.10 Å². The van der Waals surface area contributed by atoms with E-state index < -0.39 is 0 Å². The van der Waals surface area contributed by atoms with Gasteiger partial charge in [-0.15, -0.1) is 0 Å². The Morgan fingerprint density at radius 2 is 1.90 bits per heavy atom. The van der Waals surface area contributed by atoms with Crippen LogP contribution in [0, 0.1) is 6.92 Å². The maximum absolute atomic E-state index is 6.39. The summed E-state index contributed by atoms with van der Waals surface area (Å²) in [5.41, 5.74) is 3.03. The molecule has 0 bridgehead atoms. The molecule has 0 atom stereocenters. The number of rotatable bonds is 5. The molecule has 2 saturated heterocycles. The van der Waals surface area contributed by atoms with Crippen LogP contribution in [0.3, 0.4) is 0 Å². The summed E-state index contributed by atoms with van der Waals surface area (Å²) in [6.45, 7) is 7.94. The molecule has 0 aliphatic carbocycles. The number of hydrogen-bond acceptors (Lipinski definition) is 5. The van der Waals surface area contributed by atoms with E-state index in [4.69, 9.17) is 26.4 Å². The van der Waals surface area contributed by atoms with Crippen molar-refractivity contribution in [1.29, 1.82) is 0 Å². The van der Waals surface area contributed by atoms with Crippen LogP contribution >= 0.6 is 11.6 Å². The van der Waals surface area contributed by atoms with Crippen LogP contribution in [0.15, 0.2) is 24.4 Å². The van der Waals surface area contributed by atoms with E-state index in [0.717, 1.165) is 72.8 Å². The summed E-state index contributed by atoms with van der Waals surface area (Å²) in [5, 5.41) is 6.76. The molecule has 3 aromatic rings. The monoisotopic (exact) mass is 439 g/mol. The summed E-state index contributed by atoms with van der Waals surface area (Å²) in [5.74, 6) is 2.24. The standard InChI is InChI=1S/C24H30ClN5O/c1-17-19-6-5-7-21(25)22(19)26-16-20(17)24-27-23(18-8-14-31-15-9-18)28-30(24)13-12-29-10-3-2-4-11-29/h5-7,16,18H,2-4,8-15H2,1H3. The summed E-state index contributed by atoms with van der Waals surface area (Å²) in [6, 6.07) is 5.96. The number of ether oxygens (including phenoxy) is 1. The zero-order valence-corrected chi connectivity index (χ0v) is 18.9. The maximum atomic E-state index is 6.39. The van der Waals surface area contributed by atoms with Crippen molar-refractivity contribution in [3.05, 3.63) is 40.8 Å². The Morgan fingerprint density at radius 1 is 1.10 bits per heavy atom. The summed E-state index contributed by atoms with van der Waals surface area (Å²) >= 11 is 6.39. The maximum Gasteiger partial charge on any atom is 0.160 e. The average molecular weight is 440 g/mol. The molecule has 31 heavy (non-hydrogen) atoms. The van der Waals surface area contributed by atoms with E-state index in [9.17, 15) is 0 Å². The minimum Gasteiger partial charge on any atom is -0.381 e. The van der Waals surface area contributed by atoms with Gasteiger partial charge in [-0.05, 0) is 57.3 Å². The molecule has 7 heteroatoms. The molecule has 0 spiro atoms. The van der Waals surface area contributed by atoms with Crippen molar-refractivity contribution in [2.75, 3.05) is 32.8 Å². The van der Waals surface area contributed by atoms with Crippen LogP contribution in [0.1, 0.15) is 49.4 Å². The molecule has 1 aromatic carbocycles. The zero-order chi connectivity index (χ0) is 21.2. The number of likely N-dealkylation sites (tertiary alicyclic amines) is 1. The fourth-order valence-electron chi connectivity index (χ4n) is 4.81. The Hall–Kier alpha value is -2.02. The normalized spacial score (nSPS) is 18.6. The molecule has 0 radical (unpaired) electrons. The lowest BCUT2D eigenvalue weighted by Gasteiger charge is -2.26. The molecule has 2 aliphatic heterocycles. The van der Waals surface area contributed by atoms with Crippen LogP contribution in [0.25, 0.3) is 22.3 Å². The first kappa shape index (κ1) is 20.9. The second kappa shape index (κ2) is 9.23. The molecular weight excluding hydrogens is 410 g/mol. The van der Waals surface area contributed by atoms with Crippen molar-refractivity contribution < 1.29 is 4.74 Å². The second-order valence-corrected chi connectivity index (χ2v) is 9.15. The van der Waals surface area contributed by atoms with Crippen molar-refractivity contribution in [2.24, 2.45) is 0 Å². The fourth-order valence-corrected chi connectivity index (χ4v) is 5.03. The number of para-hydroxylation sites is 1. The highest BCUT2D eigenvalue weighted by Gasteiger charge is 2.24. The van der Waals surface area contributed by atoms with E-state index in [1.54, 1.807) is 0 Å². The third-order valence-corrected chi connectivity index (χ3v) is 7.01. The van der Waals surface area contributed by atoms with Crippen LogP contribution in [-0.4, -0.2) is 57.5 Å². The first-order valence-electron chi connectivity index (χ1n) is 11.5. The van der Waals surface area contributed by atoms with E-state index in [0.29, 0.717) is 10.9 Å². The highest BCUT2D eigenvalue weighted by Crippen LogP contribution is 2.32. The van der Waals surface area contributed by atoms with E-state index in [1.165, 1.54) is 32.4 Å². The lowest BCUT2D eigenvalue weighted by Crippen LogP contribution is -2.33. The molecule has 4 heterocycles. The van der Waals surface area contributed by atoms with Gasteiger partial charge < -0.3 is 9.64 Å². The Balaban J connectivity index is 1.51. The van der Waals surface area contributed by atoms with Gasteiger partial charge in [-0.1, -0.05) is 30.2 Å². The van der Waals surface area contributed by atoms with Gasteiger partial charge in [0, 0.05) is 42.8 Å². The first-order chi connectivity index (χ1) is 15.2. The van der Waals surface area contributed by atoms with Crippen molar-refractivity contribution in [2.45, 2.75) is 51.5 Å². The molecule has 2 aliphatic rings. The number of aryl methyl sites for hydroxylation is 1. The summed E-state index contributed by atoms with van der Waals surface area (Å²) < 4.78 is 7.67. The molecular formula is C24H30ClN5O. The Bertz CT molecular complexity index is 1050. The van der Waals surface area contributed by atoms with Gasteiger partial charge in [0.2, 0.25) is 0 Å². The summed E-state index contributed by atoms with van der Waals surface area (Å²) in [6.07, 6.45) is 7.83. The van der Waals surface area contributed by atoms with Gasteiger partial charge >= 0.3 is 0 Å². The van der Waals surface area contributed by atoms with Crippen LogP contribution in [-0.2, 0) is 11.3 Å². The number of nitrogens with zero attached hydrogens (tertiary/aromatic N) is 5. The van der Waals surface area contributed by atoms with Gasteiger partial charge in [0.1, 0.15) is 0 Å². The van der Waals surface area contributed by atoms with Crippen LogP contribution in [0.2, 0.25) is 5.02 Å². The number of piperidine rings is 1. The molecule has 2 fully saturated rings. The summed E-state index contributed by atoms with van der Waals surface area (Å²) in [4.78, 5) is 12.3. The van der Waals surface area contributed by atoms with Crippen molar-refractivity contribution in [3.8, 4) is 11.4 Å². The van der Waals surface area contributed by atoms with E-state index in [-0.39, 0.29) is 0 Å². The fraction of sp³-hybridized carbons (Fsp3) is 0.542. The van der Waals surface area contributed by atoms with Crippen molar-refractivity contribution >= 4 is 22.5 Å². The molecule has 0 unspecified atom stereocenters. The van der Waals surface area contributed by atoms with Crippen molar-refractivity contribution in [3.63, 3.8) is 0 Å². The number of fused-ring (bicyclic) bond motifs is 1. The highest BCUT2D eigenvalue weighted by atomic mass is 35.5. The van der Waals surface area contributed by atoms with Crippen molar-refractivity contribution in [1.82, 2.24) is 24.6 Å². The van der Waals surface area contributed by atoms with Gasteiger partial charge in [0.25, 0.3) is 0 Å². The number of hydrogen-bond donors (Lipinski definition) is 0. The predicted molar refractivity (Wildman–Crippen MR) is 124 cm³/mol. The zero-order valence-electron chi connectivity index (χ0n) is 18.2. The van der Waals surface area contributed by atoms with Gasteiger partial charge in [0.05, 0.1) is 17.1 Å². The number of benzene rings is 1. The topological polar surface area (TPSA) is 56.1 Å². The van der Waals surface area contributed by atoms with Gasteiger partial charge in [-0.3, -0.25) is 4.98 Å². The molecule has 5 rings (SSSR count). The predicted octanol–water partition coefficient (Wildman–Crippen LogP) is 4.84. The molecule has 0 amide bonds. The van der Waals surface area contributed by atoms with Gasteiger partial charge in [0.15, 0.2) is 11.6 Å². The lowest BCUT2D eigenvalue weighted by atomic mass is 10.00. The third-order valence-electron chi connectivity index (χ3n) is 6.71. The SMILES string of the molecule is Cc1c(-c2nc(C3CCOCC3)nn2CCN2CCCCC2)cnc2c(Cl)cccc12. The number of halogens is 1. The lowest BCUT2D eigenvalue weighted by molar-refractivity contribution is 0.0835. The smallest absolute Gasteiger partial charge is 0.160 e. The van der Waals surface area contributed by atoms with Crippen LogP contribution in [0.4, 0.5) is 0 Å². The van der Waals surface area contributed by atoms with Crippen LogP contribution in [0.5, 0.6) is 0 Å². The molecule has 164 valence electrons. The van der Waals surface area contributed by atoms with Crippen LogP contribution < -0.4 is 0 Å². The first-order valence-corrected chi connectivity index (χ1v) is 11.9. The minimum atomic E-state index is 0.368. The molecule has 6 nitrogen and oxygen atoms in total. The van der Waals surface area contributed by atoms with E-state index in [2.05, 4.69) is 27.6 Å². The number of pyridine rings is 1. The highest BCUT2D eigenvalue weighted by molar-refractivity contribution is 6.35. The molecule has 2 aromatic heterocycles. The molecule has 0 N–H and O–H groups in total. The third kappa shape index (κ3) is 4.34. The van der Waals surface area contributed by atoms with E-state index >= 15 is 0 Å². The second-order valence-electron chi connectivity index (χ2n) is 8.74. The Kier molecular flexibility index (Phi) is 6.21. The van der Waals surface area contributed by atoms with E-state index in [1.807, 2.05) is 18.3 Å². The van der Waals surface area contributed by atoms with Gasteiger partial charge in [-0.25, -0.2) is 9.67 Å².